The van der Waals surface area contributed by atoms with Crippen molar-refractivity contribution >= 4 is 126 Å². The lowest BCUT2D eigenvalue weighted by molar-refractivity contribution is 0.591. The van der Waals surface area contributed by atoms with Gasteiger partial charge >= 0.3 is 0 Å². The van der Waals surface area contributed by atoms with E-state index in [0.29, 0.717) is 6.54 Å². The number of nitrogens with zero attached hydrogens (tertiary/aromatic N) is 12. The summed E-state index contributed by atoms with van der Waals surface area (Å²) >= 11 is 5.32. The van der Waals surface area contributed by atoms with Gasteiger partial charge in [0.25, 0.3) is 0 Å². The van der Waals surface area contributed by atoms with Gasteiger partial charge in [-0.2, -0.15) is 15.3 Å². The van der Waals surface area contributed by atoms with Crippen molar-refractivity contribution in [3.8, 4) is 0 Å². The first-order valence-electron chi connectivity index (χ1n) is 38.9. The number of nitrogens with two attached hydrogens (primary N) is 1. The molecule has 115 heavy (non-hydrogen) atoms. The van der Waals surface area contributed by atoms with Crippen molar-refractivity contribution in [2.75, 3.05) is 6.54 Å². The van der Waals surface area contributed by atoms with Crippen LogP contribution in [0.15, 0.2) is 231 Å². The number of fused-ring (bicyclic) bond motifs is 10. The average molecular weight is 1590 g/mol. The molecule has 0 atom stereocenters. The predicted molar refractivity (Wildman–Crippen MR) is 479 cm³/mol. The maximum atomic E-state index is 12.7. The molecule has 0 amide bonds. The molecule has 0 bridgehead atoms. The molecule has 0 unspecified atom stereocenters. The first-order valence-corrected chi connectivity index (χ1v) is 41.3. The van der Waals surface area contributed by atoms with Gasteiger partial charge in [0, 0.05) is 43.2 Å². The van der Waals surface area contributed by atoms with Crippen molar-refractivity contribution in [1.29, 1.82) is 0 Å². The molecule has 0 radical (unpaired) electrons. The highest BCUT2D eigenvalue weighted by atomic mass is 32.1. The molecule has 20 rings (SSSR count). The molecular weight excluding hydrogens is 1490 g/mol. The Labute approximate surface area is 683 Å². The van der Waals surface area contributed by atoms with Gasteiger partial charge in [-0.05, 0) is 251 Å². The minimum absolute atomic E-state index is 0.178. The molecule has 0 spiro atoms. The van der Waals surface area contributed by atoms with Gasteiger partial charge in [-0.25, -0.2) is 43.2 Å². The molecular formula is C94H102F2N16S3. The molecule has 0 fully saturated rings. The highest BCUT2D eigenvalue weighted by molar-refractivity contribution is 7.19. The molecule has 11 aromatic heterocycles. The summed E-state index contributed by atoms with van der Waals surface area (Å²) in [6.07, 6.45) is 21.1. The van der Waals surface area contributed by atoms with Crippen LogP contribution in [0.25, 0.3) is 91.6 Å². The SMILES string of the molecule is CCc1cc2ccccn2n1.CCc1ccc2[nH]ncc2c1.CCc1ccc2cncn2c1.CCc1nc2cc(C)ccc2s1.CCc1nc2ccc(F)cc2[nH]1.Cc1ccc2c(cnn2C)c1.Cc1ccc2nc(C)sc2c1.Cc1ccc2nc[nH]c2c1.Cc1nc2ccc(C(C)(C)C)cc2s1.NCC1=Cc2cc(F)ccc2C1. The van der Waals surface area contributed by atoms with Crippen LogP contribution in [-0.4, -0.2) is 80.4 Å². The van der Waals surface area contributed by atoms with E-state index in [1.807, 2.05) is 95.9 Å². The Kier molecular flexibility index (Phi) is 29.1. The molecule has 1 aliphatic carbocycles. The number of pyridine rings is 2. The van der Waals surface area contributed by atoms with Gasteiger partial charge in [-0.1, -0.05) is 127 Å². The molecule has 16 nitrogen and oxygen atoms in total. The van der Waals surface area contributed by atoms with E-state index in [4.69, 9.17) is 5.73 Å². The van der Waals surface area contributed by atoms with Crippen molar-refractivity contribution in [2.24, 2.45) is 12.8 Å². The van der Waals surface area contributed by atoms with Crippen LogP contribution in [0.5, 0.6) is 0 Å². The van der Waals surface area contributed by atoms with E-state index >= 15 is 0 Å². The number of rotatable bonds is 6. The predicted octanol–water partition coefficient (Wildman–Crippen LogP) is 23.6. The molecule has 21 heteroatoms. The quantitative estimate of drug-likeness (QED) is 0.124. The summed E-state index contributed by atoms with van der Waals surface area (Å²) in [4.78, 5) is 31.8. The third kappa shape index (κ3) is 23.5. The number of halogens is 2. The van der Waals surface area contributed by atoms with Crippen molar-refractivity contribution in [2.45, 2.75) is 141 Å². The van der Waals surface area contributed by atoms with E-state index in [-0.39, 0.29) is 17.0 Å². The van der Waals surface area contributed by atoms with Gasteiger partial charge < -0.3 is 20.1 Å². The fraction of sp³-hybridized carbons (Fsp3) is 0.245. The molecule has 590 valence electrons. The molecule has 0 aliphatic heterocycles. The summed E-state index contributed by atoms with van der Waals surface area (Å²) in [5.74, 6) is 0.493. The normalized spacial score (nSPS) is 11.3. The van der Waals surface area contributed by atoms with E-state index in [1.165, 1.54) is 109 Å². The fourth-order valence-electron chi connectivity index (χ4n) is 12.5. The van der Waals surface area contributed by atoms with Gasteiger partial charge in [-0.15, -0.1) is 34.0 Å². The van der Waals surface area contributed by atoms with Crippen LogP contribution >= 0.6 is 34.0 Å². The summed E-state index contributed by atoms with van der Waals surface area (Å²) in [7, 11) is 1.96. The number of benzene rings is 8. The first kappa shape index (κ1) is 84.2. The largest absolute Gasteiger partial charge is 0.345 e. The Morgan fingerprint density at radius 3 is 1.95 bits per heavy atom. The number of aryl methyl sites for hydroxylation is 12. The van der Waals surface area contributed by atoms with Crippen molar-refractivity contribution < 1.29 is 8.78 Å². The second-order valence-corrected chi connectivity index (χ2v) is 32.7. The van der Waals surface area contributed by atoms with Crippen LogP contribution in [0, 0.1) is 53.2 Å². The number of hydrogen-bond acceptors (Lipinski definition) is 13. The van der Waals surface area contributed by atoms with Gasteiger partial charge in [-0.3, -0.25) is 9.78 Å². The van der Waals surface area contributed by atoms with Crippen LogP contribution in [0.3, 0.4) is 0 Å². The third-order valence-corrected chi connectivity index (χ3v) is 22.0. The number of nitrogens with one attached hydrogen (secondary N) is 3. The Morgan fingerprint density at radius 2 is 1.22 bits per heavy atom. The van der Waals surface area contributed by atoms with Crippen molar-refractivity contribution in [3.63, 3.8) is 0 Å². The molecule has 0 saturated heterocycles. The molecule has 5 N–H and O–H groups in total. The van der Waals surface area contributed by atoms with E-state index in [9.17, 15) is 8.78 Å². The minimum Gasteiger partial charge on any atom is -0.345 e. The average Bonchev–Trinajstić information content (AvgIpc) is 1.70. The van der Waals surface area contributed by atoms with Gasteiger partial charge in [0.15, 0.2) is 0 Å². The minimum atomic E-state index is -0.228. The van der Waals surface area contributed by atoms with Gasteiger partial charge in [0.2, 0.25) is 0 Å². The van der Waals surface area contributed by atoms with Crippen LogP contribution < -0.4 is 5.73 Å². The van der Waals surface area contributed by atoms with E-state index in [0.717, 1.165) is 115 Å². The molecule has 8 aromatic carbocycles. The van der Waals surface area contributed by atoms with Crippen LogP contribution in [-0.2, 0) is 51.0 Å². The standard InChI is InChI=1S/C12H15NS.C10H10FN.C10H11NS.C9H9FN2.4C9H10N2.C9H9NS.C8H8N2/c1-8-13-10-6-5-9(12(2,3)4)7-11(10)14-8;11-10-2-1-8-3-7(6-12)4-9(8)5-10;1-3-10-11-8-6-7(2)4-5-9(8)12-10;1-2-9-11-7-4-3-6(10)5-8(7)12-9;1-7-3-4-9-8(5-7)6-10-11(9)2;1-2-8-3-4-9-5-10-7-11(9)6-8;1-2-7-3-4-9-8(5-7)6-10-11-9;1-2-8-7-9-5-3-4-6-11(9)10-8;1-6-3-4-8-9(5-6)11-7(2)10-8;1-6-2-3-7-8(4-6)10-5-9-7/h5-7H,1-4H3;1-2,4-5H,3,6,12H2;4-6H,3H2,1-2H3;3-5H,2H2,1H3,(H,11,12);3-6H,1-2H3;3-7H,2H2,1H3;3-6H,2H2,1H3,(H,10,11);3-7H,2H2,1H3;3-5H,1-2H3;2-5H,1H3,(H,9,10). The highest BCUT2D eigenvalue weighted by Gasteiger charge is 2.15. The highest BCUT2D eigenvalue weighted by Crippen LogP contribution is 2.30. The Hall–Kier alpha value is -11.8. The third-order valence-electron chi connectivity index (χ3n) is 18.9. The van der Waals surface area contributed by atoms with E-state index in [2.05, 4.69) is 277 Å². The van der Waals surface area contributed by atoms with Crippen LogP contribution in [0.1, 0.15) is 132 Å². The number of aromatic nitrogens is 15. The fourth-order valence-corrected chi connectivity index (χ4v) is 15.2. The Morgan fingerprint density at radius 1 is 0.530 bits per heavy atom. The number of aromatic amines is 3. The van der Waals surface area contributed by atoms with E-state index < -0.39 is 0 Å². The van der Waals surface area contributed by atoms with Crippen LogP contribution in [0.4, 0.5) is 8.78 Å². The zero-order chi connectivity index (χ0) is 81.7. The second kappa shape index (κ2) is 39.8. The summed E-state index contributed by atoms with van der Waals surface area (Å²) < 4.78 is 35.2. The summed E-state index contributed by atoms with van der Waals surface area (Å²) in [5, 5.41) is 21.3. The Balaban J connectivity index is 0.000000126. The van der Waals surface area contributed by atoms with Gasteiger partial charge in [0.1, 0.15) is 17.5 Å². The lowest BCUT2D eigenvalue weighted by atomic mass is 9.87. The summed E-state index contributed by atoms with van der Waals surface area (Å²) in [6.45, 7) is 30.3. The molecule has 0 saturated carbocycles. The summed E-state index contributed by atoms with van der Waals surface area (Å²) in [5.41, 5.74) is 31.2. The van der Waals surface area contributed by atoms with Crippen molar-refractivity contribution in [1.82, 2.24) is 73.9 Å². The van der Waals surface area contributed by atoms with Crippen molar-refractivity contribution in [3.05, 3.63) is 319 Å². The second-order valence-electron chi connectivity index (χ2n) is 29.1. The molecule has 11 heterocycles. The zero-order valence-corrected chi connectivity index (χ0v) is 70.8. The number of imidazole rings is 3. The number of thiazole rings is 3. The van der Waals surface area contributed by atoms with Gasteiger partial charge in [0.05, 0.1) is 127 Å². The maximum absolute atomic E-state index is 12.7. The lowest BCUT2D eigenvalue weighted by Crippen LogP contribution is -2.10. The smallest absolute Gasteiger partial charge is 0.125 e. The number of H-pyrrole nitrogens is 3. The lowest BCUT2D eigenvalue weighted by Gasteiger charge is -2.18. The van der Waals surface area contributed by atoms with Crippen LogP contribution in [0.2, 0.25) is 0 Å². The van der Waals surface area contributed by atoms with E-state index in [1.54, 1.807) is 52.5 Å². The first-order chi connectivity index (χ1) is 55.4. The Bertz CT molecular complexity index is 6190. The topological polar surface area (TPSA) is 203 Å². The number of hydrogen-bond donors (Lipinski definition) is 4. The maximum Gasteiger partial charge on any atom is 0.125 e. The zero-order valence-electron chi connectivity index (χ0n) is 68.3. The molecule has 1 aliphatic rings. The monoisotopic (exact) mass is 1590 g/mol. The molecule has 19 aromatic rings. The summed E-state index contributed by atoms with van der Waals surface area (Å²) in [6, 6.07) is 60.1.